The number of piperazine rings is 1. The van der Waals surface area contributed by atoms with Crippen molar-refractivity contribution in [1.82, 2.24) is 13.9 Å². The lowest BCUT2D eigenvalue weighted by molar-refractivity contribution is 0.238. The normalized spacial score (nSPS) is 28.6. The van der Waals surface area contributed by atoms with Crippen molar-refractivity contribution < 1.29 is 8.42 Å². The van der Waals surface area contributed by atoms with E-state index in [4.69, 9.17) is 0 Å². The summed E-state index contributed by atoms with van der Waals surface area (Å²) in [6.07, 6.45) is 3.13. The molecule has 0 bridgehead atoms. The predicted molar refractivity (Wildman–Crippen MR) is 70.6 cm³/mol. The Kier molecular flexibility index (Phi) is 5.66. The van der Waals surface area contributed by atoms with Gasteiger partial charge in [-0.3, -0.25) is 0 Å². The van der Waals surface area contributed by atoms with Gasteiger partial charge >= 0.3 is 0 Å². The van der Waals surface area contributed by atoms with E-state index in [9.17, 15) is 8.42 Å². The lowest BCUT2D eigenvalue weighted by Crippen LogP contribution is -2.54. The lowest BCUT2D eigenvalue weighted by atomic mass is 10.1. The third-order valence-corrected chi connectivity index (χ3v) is 5.59. The molecule has 0 radical (unpaired) electrons. The molecule has 0 aliphatic carbocycles. The third-order valence-electron chi connectivity index (χ3n) is 3.44. The average Bonchev–Trinajstić information content (AvgIpc) is 2.30. The molecule has 2 fully saturated rings. The molecule has 1 N–H and O–H groups in total. The Labute approximate surface area is 110 Å². The zero-order valence-electron chi connectivity index (χ0n) is 10.3. The maximum absolute atomic E-state index is 12.4. The van der Waals surface area contributed by atoms with E-state index < -0.39 is 10.2 Å². The molecule has 0 aromatic heterocycles. The smallest absolute Gasteiger partial charge is 0.282 e. The first-order valence-electron chi connectivity index (χ1n) is 6.10. The summed E-state index contributed by atoms with van der Waals surface area (Å²) in [7, 11) is -3.21. The molecular formula is C10H22ClN3O2S. The van der Waals surface area contributed by atoms with Crippen molar-refractivity contribution >= 4 is 22.6 Å². The van der Waals surface area contributed by atoms with Gasteiger partial charge in [0.2, 0.25) is 0 Å². The van der Waals surface area contributed by atoms with E-state index in [-0.39, 0.29) is 18.4 Å². The monoisotopic (exact) mass is 283 g/mol. The second-order valence-corrected chi connectivity index (χ2v) is 6.49. The van der Waals surface area contributed by atoms with E-state index >= 15 is 0 Å². The SMILES string of the molecule is CC1CCCCN1S(=O)(=O)N1CCNCC1.Cl. The minimum Gasteiger partial charge on any atom is -0.314 e. The van der Waals surface area contributed by atoms with Gasteiger partial charge in [0, 0.05) is 38.8 Å². The summed E-state index contributed by atoms with van der Waals surface area (Å²) >= 11 is 0. The van der Waals surface area contributed by atoms with E-state index in [2.05, 4.69) is 5.32 Å². The van der Waals surface area contributed by atoms with Gasteiger partial charge in [0.15, 0.2) is 0 Å². The zero-order chi connectivity index (χ0) is 11.6. The molecule has 0 saturated carbocycles. The summed E-state index contributed by atoms with van der Waals surface area (Å²) < 4.78 is 28.0. The highest BCUT2D eigenvalue weighted by atomic mass is 35.5. The molecule has 0 aromatic rings. The summed E-state index contributed by atoms with van der Waals surface area (Å²) in [6.45, 7) is 5.44. The van der Waals surface area contributed by atoms with E-state index in [0.717, 1.165) is 32.4 Å². The van der Waals surface area contributed by atoms with Crippen molar-refractivity contribution in [3.05, 3.63) is 0 Å². The van der Waals surface area contributed by atoms with Gasteiger partial charge in [-0.1, -0.05) is 6.42 Å². The van der Waals surface area contributed by atoms with Crippen LogP contribution in [0.4, 0.5) is 0 Å². The highest BCUT2D eigenvalue weighted by molar-refractivity contribution is 7.86. The Balaban J connectivity index is 0.00000144. The van der Waals surface area contributed by atoms with Crippen LogP contribution in [0.1, 0.15) is 26.2 Å². The van der Waals surface area contributed by atoms with Crippen LogP contribution in [0.2, 0.25) is 0 Å². The van der Waals surface area contributed by atoms with Gasteiger partial charge in [-0.2, -0.15) is 17.0 Å². The molecule has 2 heterocycles. The van der Waals surface area contributed by atoms with Crippen LogP contribution in [0.5, 0.6) is 0 Å². The van der Waals surface area contributed by atoms with Crippen LogP contribution in [0.15, 0.2) is 0 Å². The van der Waals surface area contributed by atoms with Crippen LogP contribution in [0, 0.1) is 0 Å². The number of nitrogens with one attached hydrogen (secondary N) is 1. The fourth-order valence-electron chi connectivity index (χ4n) is 2.44. The molecule has 0 aromatic carbocycles. The Morgan fingerprint density at radius 3 is 2.35 bits per heavy atom. The number of piperidine rings is 1. The summed E-state index contributed by atoms with van der Waals surface area (Å²) in [5, 5.41) is 3.18. The molecule has 0 amide bonds. The number of halogens is 1. The summed E-state index contributed by atoms with van der Waals surface area (Å²) in [5.41, 5.74) is 0. The molecule has 0 spiro atoms. The van der Waals surface area contributed by atoms with Gasteiger partial charge < -0.3 is 5.32 Å². The molecule has 5 nitrogen and oxygen atoms in total. The highest BCUT2D eigenvalue weighted by Gasteiger charge is 2.34. The van der Waals surface area contributed by atoms with Crippen LogP contribution in [-0.2, 0) is 10.2 Å². The molecule has 2 rings (SSSR count). The molecule has 2 aliphatic rings. The minimum absolute atomic E-state index is 0. The first-order chi connectivity index (χ1) is 7.62. The Hall–Kier alpha value is 0.120. The van der Waals surface area contributed by atoms with E-state index in [1.165, 1.54) is 0 Å². The van der Waals surface area contributed by atoms with Crippen LogP contribution >= 0.6 is 12.4 Å². The molecule has 7 heteroatoms. The fraction of sp³-hybridized carbons (Fsp3) is 1.00. The molecule has 17 heavy (non-hydrogen) atoms. The standard InChI is InChI=1S/C10H21N3O2S.ClH/c1-10-4-2-3-7-13(10)16(14,15)12-8-5-11-6-9-12;/h10-11H,2-9H2,1H3;1H. The van der Waals surface area contributed by atoms with Crippen molar-refractivity contribution in [3.8, 4) is 0 Å². The quantitative estimate of drug-likeness (QED) is 0.800. The van der Waals surface area contributed by atoms with E-state index in [1.54, 1.807) is 8.61 Å². The van der Waals surface area contributed by atoms with Crippen molar-refractivity contribution in [2.24, 2.45) is 0 Å². The Morgan fingerprint density at radius 2 is 1.76 bits per heavy atom. The largest absolute Gasteiger partial charge is 0.314 e. The van der Waals surface area contributed by atoms with Crippen LogP contribution in [-0.4, -0.2) is 55.8 Å². The first kappa shape index (κ1) is 15.2. The van der Waals surface area contributed by atoms with Gasteiger partial charge in [0.25, 0.3) is 10.2 Å². The Morgan fingerprint density at radius 1 is 1.12 bits per heavy atom. The predicted octanol–water partition coefficient (Wildman–Crippen LogP) is 0.433. The molecule has 2 aliphatic heterocycles. The van der Waals surface area contributed by atoms with Gasteiger partial charge in [-0.25, -0.2) is 0 Å². The number of rotatable bonds is 2. The minimum atomic E-state index is -3.21. The van der Waals surface area contributed by atoms with Gasteiger partial charge in [-0.05, 0) is 19.8 Å². The molecule has 1 unspecified atom stereocenters. The van der Waals surface area contributed by atoms with Gasteiger partial charge in [-0.15, -0.1) is 12.4 Å². The zero-order valence-corrected chi connectivity index (χ0v) is 11.9. The van der Waals surface area contributed by atoms with E-state index in [0.29, 0.717) is 19.6 Å². The maximum atomic E-state index is 12.4. The lowest BCUT2D eigenvalue weighted by Gasteiger charge is -2.37. The summed E-state index contributed by atoms with van der Waals surface area (Å²) in [4.78, 5) is 0. The average molecular weight is 284 g/mol. The maximum Gasteiger partial charge on any atom is 0.282 e. The van der Waals surface area contributed by atoms with Crippen molar-refractivity contribution in [2.75, 3.05) is 32.7 Å². The molecule has 102 valence electrons. The van der Waals surface area contributed by atoms with Crippen LogP contribution in [0.3, 0.4) is 0 Å². The van der Waals surface area contributed by atoms with Gasteiger partial charge in [0.1, 0.15) is 0 Å². The molecular weight excluding hydrogens is 262 g/mol. The van der Waals surface area contributed by atoms with Crippen molar-refractivity contribution in [2.45, 2.75) is 32.2 Å². The second kappa shape index (κ2) is 6.33. The number of hydrogen-bond acceptors (Lipinski definition) is 3. The third kappa shape index (κ3) is 3.32. The topological polar surface area (TPSA) is 52.7 Å². The number of hydrogen-bond donors (Lipinski definition) is 1. The van der Waals surface area contributed by atoms with Crippen molar-refractivity contribution in [3.63, 3.8) is 0 Å². The summed E-state index contributed by atoms with van der Waals surface area (Å²) in [6, 6.07) is 0.161. The Bertz CT molecular complexity index is 330. The van der Waals surface area contributed by atoms with Crippen molar-refractivity contribution in [1.29, 1.82) is 0 Å². The van der Waals surface area contributed by atoms with Crippen LogP contribution < -0.4 is 5.32 Å². The van der Waals surface area contributed by atoms with E-state index in [1.807, 2.05) is 6.92 Å². The second-order valence-electron chi connectivity index (χ2n) is 4.61. The van der Waals surface area contributed by atoms with Gasteiger partial charge in [0.05, 0.1) is 0 Å². The first-order valence-corrected chi connectivity index (χ1v) is 7.50. The molecule has 2 saturated heterocycles. The number of nitrogens with zero attached hydrogens (tertiary/aromatic N) is 2. The fourth-order valence-corrected chi connectivity index (χ4v) is 4.30. The summed E-state index contributed by atoms with van der Waals surface area (Å²) in [5.74, 6) is 0. The highest BCUT2D eigenvalue weighted by Crippen LogP contribution is 2.22. The molecule has 1 atom stereocenters. The van der Waals surface area contributed by atoms with Crippen LogP contribution in [0.25, 0.3) is 0 Å².